The van der Waals surface area contributed by atoms with Crippen LogP contribution in [0, 0.1) is 11.7 Å². The van der Waals surface area contributed by atoms with Gasteiger partial charge < -0.3 is 14.8 Å². The van der Waals surface area contributed by atoms with E-state index in [2.05, 4.69) is 5.32 Å². The molecule has 0 spiro atoms. The molecule has 2 aromatic carbocycles. The number of hydrogen-bond donors (Lipinski definition) is 1. The van der Waals surface area contributed by atoms with Crippen molar-refractivity contribution in [3.8, 4) is 11.3 Å². The van der Waals surface area contributed by atoms with Crippen LogP contribution in [0.3, 0.4) is 0 Å². The zero-order chi connectivity index (χ0) is 24.5. The molecule has 6 nitrogen and oxygen atoms in total. The van der Waals surface area contributed by atoms with Gasteiger partial charge in [-0.3, -0.25) is 4.79 Å². The maximum Gasteiger partial charge on any atom is 0.336 e. The van der Waals surface area contributed by atoms with E-state index < -0.39 is 29.3 Å². The van der Waals surface area contributed by atoms with Crippen molar-refractivity contribution in [1.29, 1.82) is 0 Å². The van der Waals surface area contributed by atoms with Crippen molar-refractivity contribution in [2.45, 2.75) is 25.3 Å². The number of carbonyl (C=O) groups excluding carboxylic acids is 2. The molecule has 8 heteroatoms. The Morgan fingerprint density at radius 1 is 1.06 bits per heavy atom. The monoisotopic (exact) mass is 480 g/mol. The summed E-state index contributed by atoms with van der Waals surface area (Å²) in [4.78, 5) is 30.9. The summed E-state index contributed by atoms with van der Waals surface area (Å²) in [5.41, 5.74) is 1.51. The van der Waals surface area contributed by atoms with Gasteiger partial charge in [0.25, 0.3) is 0 Å². The maximum absolute atomic E-state index is 14.4. The minimum atomic E-state index is -1.04. The molecule has 0 radical (unpaired) electrons. The molecule has 1 aliphatic heterocycles. The van der Waals surface area contributed by atoms with Crippen LogP contribution in [-0.2, 0) is 24.6 Å². The number of halogens is 1. The number of ether oxygens (including phenoxy) is 2. The molecule has 3 aromatic rings. The zero-order valence-corrected chi connectivity index (χ0v) is 20.1. The fraction of sp³-hybridized carbons (Fsp3) is 0.269. The van der Waals surface area contributed by atoms with Crippen molar-refractivity contribution in [2.24, 2.45) is 5.92 Å². The van der Waals surface area contributed by atoms with Crippen molar-refractivity contribution < 1.29 is 23.5 Å². The summed E-state index contributed by atoms with van der Waals surface area (Å²) in [5, 5.41) is 5.69. The summed E-state index contributed by atoms with van der Waals surface area (Å²) in [6.45, 7) is 3.63. The number of aromatic nitrogens is 1. The van der Waals surface area contributed by atoms with Gasteiger partial charge in [-0.25, -0.2) is 14.2 Å². The molecule has 34 heavy (non-hydrogen) atoms. The lowest BCUT2D eigenvalue weighted by molar-refractivity contribution is -0.150. The quantitative estimate of drug-likeness (QED) is 0.529. The van der Waals surface area contributed by atoms with E-state index in [-0.39, 0.29) is 5.82 Å². The first kappa shape index (κ1) is 23.6. The molecule has 3 atom stereocenters. The Hall–Kier alpha value is -3.52. The van der Waals surface area contributed by atoms with Crippen molar-refractivity contribution in [2.75, 3.05) is 14.2 Å². The molecule has 0 bridgehead atoms. The number of hydrogen-bond acceptors (Lipinski definition) is 7. The predicted molar refractivity (Wildman–Crippen MR) is 127 cm³/mol. The summed E-state index contributed by atoms with van der Waals surface area (Å²) in [6, 6.07) is 15.7. The SMILES string of the molecule is COC(=O)C1=C(C)NC(C)(c2nc(-c3ccccc3F)cs2)C(C(=O)OC)C1c1ccccc1. The van der Waals surface area contributed by atoms with E-state index in [1.807, 2.05) is 37.3 Å². The van der Waals surface area contributed by atoms with Crippen LogP contribution in [0.5, 0.6) is 0 Å². The lowest BCUT2D eigenvalue weighted by atomic mass is 9.67. The Bertz CT molecular complexity index is 1260. The van der Waals surface area contributed by atoms with Gasteiger partial charge in [0.05, 0.1) is 31.4 Å². The third-order valence-electron chi connectivity index (χ3n) is 6.23. The van der Waals surface area contributed by atoms with Gasteiger partial charge in [0.15, 0.2) is 0 Å². The Balaban J connectivity index is 1.92. The van der Waals surface area contributed by atoms with E-state index in [1.165, 1.54) is 31.6 Å². The standard InChI is InChI=1S/C26H25FN2O4S/c1-15-20(23(30)32-3)21(16-10-6-5-7-11-16)22(24(31)33-4)26(2,29-15)25-28-19(14-34-25)17-12-8-9-13-18(17)27/h5-14,21-22,29H,1-4H3. The van der Waals surface area contributed by atoms with Gasteiger partial charge in [-0.15, -0.1) is 11.3 Å². The minimum Gasteiger partial charge on any atom is -0.469 e. The summed E-state index contributed by atoms with van der Waals surface area (Å²) < 4.78 is 24.7. The number of allylic oxidation sites excluding steroid dienone is 1. The van der Waals surface area contributed by atoms with Crippen molar-refractivity contribution in [1.82, 2.24) is 10.3 Å². The molecule has 0 saturated carbocycles. The maximum atomic E-state index is 14.4. The van der Waals surface area contributed by atoms with E-state index >= 15 is 0 Å². The second kappa shape index (κ2) is 9.38. The van der Waals surface area contributed by atoms with Crippen LogP contribution in [0.1, 0.15) is 30.3 Å². The minimum absolute atomic E-state index is 0.354. The van der Waals surface area contributed by atoms with Crippen LogP contribution in [0.4, 0.5) is 4.39 Å². The van der Waals surface area contributed by atoms with Crippen LogP contribution in [0.15, 0.2) is 71.2 Å². The smallest absolute Gasteiger partial charge is 0.336 e. The van der Waals surface area contributed by atoms with Crippen LogP contribution >= 0.6 is 11.3 Å². The van der Waals surface area contributed by atoms with Gasteiger partial charge >= 0.3 is 11.9 Å². The zero-order valence-electron chi connectivity index (χ0n) is 19.3. The first-order chi connectivity index (χ1) is 16.3. The second-order valence-corrected chi connectivity index (χ2v) is 9.12. The van der Waals surface area contributed by atoms with Crippen LogP contribution in [0.25, 0.3) is 11.3 Å². The number of thiazole rings is 1. The molecular weight excluding hydrogens is 455 g/mol. The summed E-state index contributed by atoms with van der Waals surface area (Å²) in [6.07, 6.45) is 0. The number of benzene rings is 2. The highest BCUT2D eigenvalue weighted by Gasteiger charge is 2.54. The van der Waals surface area contributed by atoms with E-state index in [0.717, 1.165) is 5.56 Å². The molecule has 0 aliphatic carbocycles. The fourth-order valence-corrected chi connectivity index (χ4v) is 5.64. The summed E-state index contributed by atoms with van der Waals surface area (Å²) in [5.74, 6) is -2.90. The molecule has 4 rings (SSSR count). The molecule has 176 valence electrons. The second-order valence-electron chi connectivity index (χ2n) is 8.26. The lowest BCUT2D eigenvalue weighted by Crippen LogP contribution is -2.55. The van der Waals surface area contributed by atoms with Crippen molar-refractivity contribution >= 4 is 23.3 Å². The molecule has 1 N–H and O–H groups in total. The lowest BCUT2D eigenvalue weighted by Gasteiger charge is -2.45. The van der Waals surface area contributed by atoms with E-state index in [4.69, 9.17) is 14.5 Å². The van der Waals surface area contributed by atoms with Gasteiger partial charge in [0.2, 0.25) is 0 Å². The number of methoxy groups -OCH3 is 2. The first-order valence-electron chi connectivity index (χ1n) is 10.7. The molecule has 0 amide bonds. The molecule has 2 heterocycles. The average Bonchev–Trinajstić information content (AvgIpc) is 3.34. The number of rotatable bonds is 5. The number of nitrogens with one attached hydrogen (secondary N) is 1. The molecule has 0 saturated heterocycles. The normalized spacial score (nSPS) is 22.1. The Morgan fingerprint density at radius 2 is 1.74 bits per heavy atom. The van der Waals surface area contributed by atoms with Crippen LogP contribution in [-0.4, -0.2) is 31.1 Å². The Morgan fingerprint density at radius 3 is 2.38 bits per heavy atom. The predicted octanol–water partition coefficient (Wildman–Crippen LogP) is 4.79. The molecule has 0 fully saturated rings. The highest BCUT2D eigenvalue weighted by molar-refractivity contribution is 7.10. The van der Waals surface area contributed by atoms with E-state index in [0.29, 0.717) is 27.5 Å². The number of carbonyl (C=O) groups is 2. The third-order valence-corrected chi connectivity index (χ3v) is 7.31. The summed E-state index contributed by atoms with van der Waals surface area (Å²) >= 11 is 1.32. The topological polar surface area (TPSA) is 77.5 Å². The van der Waals surface area contributed by atoms with Gasteiger partial charge in [0, 0.05) is 22.6 Å². The van der Waals surface area contributed by atoms with Crippen molar-refractivity contribution in [3.63, 3.8) is 0 Å². The van der Waals surface area contributed by atoms with Gasteiger partial charge in [-0.2, -0.15) is 0 Å². The first-order valence-corrected chi connectivity index (χ1v) is 11.6. The largest absolute Gasteiger partial charge is 0.469 e. The van der Waals surface area contributed by atoms with Crippen LogP contribution < -0.4 is 5.32 Å². The highest BCUT2D eigenvalue weighted by Crippen LogP contribution is 2.49. The molecular formula is C26H25FN2O4S. The van der Waals surface area contributed by atoms with Gasteiger partial charge in [-0.05, 0) is 31.5 Å². The molecule has 1 aromatic heterocycles. The number of esters is 2. The summed E-state index contributed by atoms with van der Waals surface area (Å²) in [7, 11) is 2.63. The molecule has 1 aliphatic rings. The van der Waals surface area contributed by atoms with E-state index in [1.54, 1.807) is 30.5 Å². The third kappa shape index (κ3) is 3.98. The average molecular weight is 481 g/mol. The van der Waals surface area contributed by atoms with Gasteiger partial charge in [-0.1, -0.05) is 42.5 Å². The van der Waals surface area contributed by atoms with Crippen molar-refractivity contribution in [3.05, 3.63) is 87.6 Å². The Kier molecular flexibility index (Phi) is 6.52. The van der Waals surface area contributed by atoms with E-state index in [9.17, 15) is 14.0 Å². The fourth-order valence-electron chi connectivity index (χ4n) is 4.67. The Labute approximate surface area is 201 Å². The van der Waals surface area contributed by atoms with Crippen LogP contribution in [0.2, 0.25) is 0 Å². The van der Waals surface area contributed by atoms with Gasteiger partial charge in [0.1, 0.15) is 16.4 Å². The molecule has 3 unspecified atom stereocenters. The highest BCUT2D eigenvalue weighted by atomic mass is 32.1. The number of nitrogens with zero attached hydrogens (tertiary/aromatic N) is 1.